The van der Waals surface area contributed by atoms with Crippen LogP contribution in [0.3, 0.4) is 0 Å². The summed E-state index contributed by atoms with van der Waals surface area (Å²) in [7, 11) is 1.58. The van der Waals surface area contributed by atoms with Gasteiger partial charge < -0.3 is 24.1 Å². The zero-order valence-electron chi connectivity index (χ0n) is 18.9. The summed E-state index contributed by atoms with van der Waals surface area (Å²) in [5, 5.41) is 4.88. The molecule has 2 aromatic carbocycles. The van der Waals surface area contributed by atoms with Gasteiger partial charge in [0.2, 0.25) is 5.91 Å². The molecule has 2 heterocycles. The summed E-state index contributed by atoms with van der Waals surface area (Å²) in [4.78, 5) is 28.6. The Morgan fingerprint density at radius 1 is 1.03 bits per heavy atom. The van der Waals surface area contributed by atoms with Gasteiger partial charge in [-0.3, -0.25) is 9.69 Å². The fourth-order valence-electron chi connectivity index (χ4n) is 3.83. The predicted octanol–water partition coefficient (Wildman–Crippen LogP) is 4.09. The number of nitrogens with one attached hydrogen (secondary N) is 1. The molecule has 8 nitrogen and oxygen atoms in total. The van der Waals surface area contributed by atoms with Crippen molar-refractivity contribution in [1.82, 2.24) is 9.80 Å². The number of ether oxygens (including phenoxy) is 2. The van der Waals surface area contributed by atoms with Crippen LogP contribution in [0.1, 0.15) is 20.8 Å². The molecule has 1 N–H and O–H groups in total. The summed E-state index contributed by atoms with van der Waals surface area (Å²) in [6.45, 7) is 8.03. The van der Waals surface area contributed by atoms with E-state index < -0.39 is 5.60 Å². The molecule has 1 aliphatic heterocycles. The number of amides is 2. The van der Waals surface area contributed by atoms with Crippen LogP contribution in [0.15, 0.2) is 40.8 Å². The summed E-state index contributed by atoms with van der Waals surface area (Å²) >= 11 is 0. The van der Waals surface area contributed by atoms with Crippen LogP contribution < -0.4 is 10.1 Å². The Hall–Kier alpha value is -3.26. The van der Waals surface area contributed by atoms with Crippen LogP contribution in [0.5, 0.6) is 5.75 Å². The van der Waals surface area contributed by atoms with Gasteiger partial charge in [-0.2, -0.15) is 0 Å². The Kier molecular flexibility index (Phi) is 5.97. The average molecular weight is 440 g/mol. The first kappa shape index (κ1) is 22.0. The maximum absolute atomic E-state index is 12.7. The normalized spacial score (nSPS) is 15.2. The lowest BCUT2D eigenvalue weighted by molar-refractivity contribution is -0.117. The molecule has 1 fully saturated rings. The van der Waals surface area contributed by atoms with Gasteiger partial charge in [-0.1, -0.05) is 18.2 Å². The molecule has 1 aliphatic rings. The summed E-state index contributed by atoms with van der Waals surface area (Å²) in [6.07, 6.45) is -0.314. The topological polar surface area (TPSA) is 84.2 Å². The number of anilines is 1. The minimum atomic E-state index is -0.520. The minimum absolute atomic E-state index is 0.149. The number of nitrogens with zero attached hydrogens (tertiary/aromatic N) is 2. The SMILES string of the molecule is COc1cc2c(cc1NC(=O)CN1CCN(C(=O)OC(C)(C)C)CC1)oc1ccccc12. The third kappa shape index (κ3) is 4.80. The van der Waals surface area contributed by atoms with E-state index in [1.807, 2.05) is 56.0 Å². The van der Waals surface area contributed by atoms with Crippen molar-refractivity contribution < 1.29 is 23.5 Å². The highest BCUT2D eigenvalue weighted by atomic mass is 16.6. The third-order valence-electron chi connectivity index (χ3n) is 5.36. The van der Waals surface area contributed by atoms with E-state index in [-0.39, 0.29) is 18.5 Å². The second-order valence-corrected chi connectivity index (χ2v) is 8.94. The summed E-state index contributed by atoms with van der Waals surface area (Å²) < 4.78 is 16.9. The first-order valence-electron chi connectivity index (χ1n) is 10.7. The van der Waals surface area contributed by atoms with Gasteiger partial charge in [-0.05, 0) is 32.9 Å². The summed E-state index contributed by atoms with van der Waals surface area (Å²) in [5.74, 6) is 0.427. The van der Waals surface area contributed by atoms with E-state index in [1.165, 1.54) is 0 Å². The molecule has 1 saturated heterocycles. The van der Waals surface area contributed by atoms with E-state index in [2.05, 4.69) is 5.32 Å². The van der Waals surface area contributed by atoms with Crippen LogP contribution in [-0.4, -0.2) is 67.2 Å². The number of piperazine rings is 1. The van der Waals surface area contributed by atoms with Gasteiger partial charge in [0.05, 0.1) is 19.3 Å². The monoisotopic (exact) mass is 439 g/mol. The second-order valence-electron chi connectivity index (χ2n) is 8.94. The van der Waals surface area contributed by atoms with E-state index in [0.29, 0.717) is 43.2 Å². The van der Waals surface area contributed by atoms with Crippen LogP contribution in [0.25, 0.3) is 21.9 Å². The summed E-state index contributed by atoms with van der Waals surface area (Å²) in [6, 6.07) is 11.5. The number of para-hydroxylation sites is 1. The van der Waals surface area contributed by atoms with E-state index in [9.17, 15) is 9.59 Å². The molecular weight excluding hydrogens is 410 g/mol. The zero-order chi connectivity index (χ0) is 22.9. The quantitative estimate of drug-likeness (QED) is 0.659. The molecular formula is C24H29N3O5. The van der Waals surface area contributed by atoms with Gasteiger partial charge >= 0.3 is 6.09 Å². The molecule has 0 radical (unpaired) electrons. The molecule has 0 spiro atoms. The van der Waals surface area contributed by atoms with Crippen LogP contribution >= 0.6 is 0 Å². The number of methoxy groups -OCH3 is 1. The van der Waals surface area contributed by atoms with Gasteiger partial charge in [0.25, 0.3) is 0 Å². The predicted molar refractivity (Wildman–Crippen MR) is 123 cm³/mol. The molecule has 0 atom stereocenters. The van der Waals surface area contributed by atoms with Crippen molar-refractivity contribution in [1.29, 1.82) is 0 Å². The number of hydrogen-bond donors (Lipinski definition) is 1. The summed E-state index contributed by atoms with van der Waals surface area (Å²) in [5.41, 5.74) is 1.52. The molecule has 32 heavy (non-hydrogen) atoms. The Bertz CT molecular complexity index is 1140. The number of hydrogen-bond acceptors (Lipinski definition) is 6. The first-order valence-corrected chi connectivity index (χ1v) is 10.7. The molecule has 0 aliphatic carbocycles. The average Bonchev–Trinajstić information content (AvgIpc) is 3.09. The Morgan fingerprint density at radius 2 is 1.75 bits per heavy atom. The molecule has 0 unspecified atom stereocenters. The first-order chi connectivity index (χ1) is 15.2. The maximum atomic E-state index is 12.7. The highest BCUT2D eigenvalue weighted by molar-refractivity contribution is 6.07. The Morgan fingerprint density at radius 3 is 2.44 bits per heavy atom. The van der Waals surface area contributed by atoms with Crippen molar-refractivity contribution in [3.8, 4) is 5.75 Å². The van der Waals surface area contributed by atoms with Gasteiger partial charge in [-0.15, -0.1) is 0 Å². The van der Waals surface area contributed by atoms with Crippen LogP contribution in [0.4, 0.5) is 10.5 Å². The number of benzene rings is 2. The zero-order valence-corrected chi connectivity index (χ0v) is 18.9. The molecule has 1 aromatic heterocycles. The number of rotatable bonds is 4. The third-order valence-corrected chi connectivity index (χ3v) is 5.36. The van der Waals surface area contributed by atoms with Crippen LogP contribution in [-0.2, 0) is 9.53 Å². The lowest BCUT2D eigenvalue weighted by atomic mass is 10.1. The van der Waals surface area contributed by atoms with Gasteiger partial charge in [0.1, 0.15) is 22.5 Å². The standard InChI is InChI=1S/C24H29N3O5/c1-24(2,3)32-23(29)27-11-9-26(10-12-27)15-22(28)25-18-14-20-17(13-21(18)30-4)16-7-5-6-8-19(16)31-20/h5-8,13-14H,9-12,15H2,1-4H3,(H,25,28). The lowest BCUT2D eigenvalue weighted by Gasteiger charge is -2.35. The Balaban J connectivity index is 1.39. The van der Waals surface area contributed by atoms with Crippen molar-refractivity contribution in [3.63, 3.8) is 0 Å². The van der Waals surface area contributed by atoms with Crippen molar-refractivity contribution in [2.24, 2.45) is 0 Å². The van der Waals surface area contributed by atoms with E-state index >= 15 is 0 Å². The molecule has 0 saturated carbocycles. The molecule has 3 aromatic rings. The molecule has 8 heteroatoms. The van der Waals surface area contributed by atoms with E-state index in [0.717, 1.165) is 16.4 Å². The van der Waals surface area contributed by atoms with Gasteiger partial charge in [0, 0.05) is 43.0 Å². The number of furan rings is 1. The van der Waals surface area contributed by atoms with Gasteiger partial charge in [-0.25, -0.2) is 4.79 Å². The second kappa shape index (κ2) is 8.70. The molecule has 2 amide bonds. The Labute approximate surface area is 187 Å². The van der Waals surface area contributed by atoms with E-state index in [1.54, 1.807) is 18.1 Å². The van der Waals surface area contributed by atoms with Crippen molar-refractivity contribution >= 4 is 39.6 Å². The largest absolute Gasteiger partial charge is 0.495 e. The van der Waals surface area contributed by atoms with Gasteiger partial charge in [0.15, 0.2) is 0 Å². The maximum Gasteiger partial charge on any atom is 0.410 e. The number of carbonyl (C=O) groups excluding carboxylic acids is 2. The fraction of sp³-hybridized carbons (Fsp3) is 0.417. The highest BCUT2D eigenvalue weighted by Gasteiger charge is 2.26. The van der Waals surface area contributed by atoms with Crippen molar-refractivity contribution in [3.05, 3.63) is 36.4 Å². The van der Waals surface area contributed by atoms with Crippen molar-refractivity contribution in [2.45, 2.75) is 26.4 Å². The fourth-order valence-corrected chi connectivity index (χ4v) is 3.83. The highest BCUT2D eigenvalue weighted by Crippen LogP contribution is 2.36. The molecule has 170 valence electrons. The van der Waals surface area contributed by atoms with Crippen LogP contribution in [0, 0.1) is 0 Å². The lowest BCUT2D eigenvalue weighted by Crippen LogP contribution is -2.51. The smallest absolute Gasteiger partial charge is 0.410 e. The molecule has 0 bridgehead atoms. The molecule has 4 rings (SSSR count). The number of fused-ring (bicyclic) bond motifs is 3. The van der Waals surface area contributed by atoms with Crippen LogP contribution in [0.2, 0.25) is 0 Å². The number of carbonyl (C=O) groups is 2. The van der Waals surface area contributed by atoms with E-state index in [4.69, 9.17) is 13.9 Å². The van der Waals surface area contributed by atoms with Crippen molar-refractivity contribution in [2.75, 3.05) is 45.2 Å². The minimum Gasteiger partial charge on any atom is -0.495 e.